The molecule has 1 amide bonds. The summed E-state index contributed by atoms with van der Waals surface area (Å²) in [5.41, 5.74) is 2.26. The molecule has 5 heteroatoms. The van der Waals surface area contributed by atoms with E-state index in [2.05, 4.69) is 0 Å². The van der Waals surface area contributed by atoms with Gasteiger partial charge >= 0.3 is 0 Å². The van der Waals surface area contributed by atoms with Gasteiger partial charge in [-0.1, -0.05) is 6.07 Å². The van der Waals surface area contributed by atoms with Crippen molar-refractivity contribution in [3.8, 4) is 0 Å². The molecular weight excluding hydrogens is 246 g/mol. The highest BCUT2D eigenvalue weighted by Gasteiger charge is 2.18. The molecule has 2 rings (SSSR count). The number of carbonyl (C=O) groups is 1. The summed E-state index contributed by atoms with van der Waals surface area (Å²) < 4.78 is 11.1. The van der Waals surface area contributed by atoms with Crippen molar-refractivity contribution in [2.45, 2.75) is 24.8 Å². The molecule has 1 unspecified atom stereocenters. The molecule has 0 radical (unpaired) electrons. The molecule has 1 heterocycles. The Morgan fingerprint density at radius 3 is 2.81 bits per heavy atom. The van der Waals surface area contributed by atoms with Crippen molar-refractivity contribution >= 4 is 26.6 Å². The van der Waals surface area contributed by atoms with Crippen LogP contribution in [0.25, 0.3) is 0 Å². The van der Waals surface area contributed by atoms with E-state index < -0.39 is 10.0 Å². The summed E-state index contributed by atoms with van der Waals surface area (Å²) in [6.45, 7) is 2.91. The van der Waals surface area contributed by atoms with Crippen LogP contribution in [0.3, 0.4) is 0 Å². The summed E-state index contributed by atoms with van der Waals surface area (Å²) in [4.78, 5) is 13.7. The van der Waals surface area contributed by atoms with Gasteiger partial charge < -0.3 is 4.90 Å². The van der Waals surface area contributed by atoms with Gasteiger partial charge in [-0.05, 0) is 40.4 Å². The van der Waals surface area contributed by atoms with E-state index in [9.17, 15) is 9.00 Å². The lowest BCUT2D eigenvalue weighted by Crippen LogP contribution is -2.34. The zero-order chi connectivity index (χ0) is 11.7. The Morgan fingerprint density at radius 2 is 2.19 bits per heavy atom. The first-order valence-electron chi connectivity index (χ1n) is 5.03. The molecular formula is C11H12ClNO2S. The van der Waals surface area contributed by atoms with Crippen LogP contribution in [0.1, 0.15) is 18.1 Å². The Hall–Kier alpha value is -0.870. The molecule has 0 saturated carbocycles. The predicted molar refractivity (Wildman–Crippen MR) is 63.5 cm³/mol. The maximum Gasteiger partial charge on any atom is 0.219 e. The van der Waals surface area contributed by atoms with Gasteiger partial charge in [0.2, 0.25) is 5.91 Å². The first-order chi connectivity index (χ1) is 7.58. The first kappa shape index (κ1) is 11.6. The number of hydrogen-bond donors (Lipinski definition) is 0. The van der Waals surface area contributed by atoms with Crippen LogP contribution in [0.2, 0.25) is 0 Å². The van der Waals surface area contributed by atoms with E-state index in [0.717, 1.165) is 18.5 Å². The van der Waals surface area contributed by atoms with Crippen LogP contribution in [0.4, 0.5) is 0 Å². The maximum atomic E-state index is 11.3. The fraction of sp³-hybridized carbons (Fsp3) is 0.364. The van der Waals surface area contributed by atoms with Crippen LogP contribution in [-0.2, 0) is 27.8 Å². The molecule has 86 valence electrons. The van der Waals surface area contributed by atoms with E-state index in [0.29, 0.717) is 11.4 Å². The van der Waals surface area contributed by atoms with E-state index in [4.69, 9.17) is 10.7 Å². The van der Waals surface area contributed by atoms with Crippen LogP contribution in [-0.4, -0.2) is 21.6 Å². The van der Waals surface area contributed by atoms with Crippen molar-refractivity contribution in [3.05, 3.63) is 29.3 Å². The number of hydrogen-bond acceptors (Lipinski definition) is 2. The highest BCUT2D eigenvalue weighted by atomic mass is 35.7. The third kappa shape index (κ3) is 2.28. The molecule has 1 atom stereocenters. The summed E-state index contributed by atoms with van der Waals surface area (Å²) in [5, 5.41) is 0. The smallest absolute Gasteiger partial charge is 0.219 e. The number of halogens is 1. The summed E-state index contributed by atoms with van der Waals surface area (Å²) >= 11 is 0. The van der Waals surface area contributed by atoms with Gasteiger partial charge in [-0.2, -0.15) is 0 Å². The number of amides is 1. The highest BCUT2D eigenvalue weighted by molar-refractivity contribution is 8.08. The van der Waals surface area contributed by atoms with Gasteiger partial charge in [0.05, 0.1) is 4.90 Å². The fourth-order valence-electron chi connectivity index (χ4n) is 1.90. The molecule has 1 aromatic rings. The van der Waals surface area contributed by atoms with Gasteiger partial charge in [-0.25, -0.2) is 4.21 Å². The Morgan fingerprint density at radius 1 is 1.44 bits per heavy atom. The SMILES string of the molecule is CC(=O)N1CCc2ccc(S(=O)Cl)cc2C1. The van der Waals surface area contributed by atoms with Gasteiger partial charge in [0, 0.05) is 20.0 Å². The third-order valence-electron chi connectivity index (χ3n) is 2.82. The van der Waals surface area contributed by atoms with Gasteiger partial charge in [0.15, 0.2) is 0 Å². The number of carbonyl (C=O) groups excluding carboxylic acids is 1. The zero-order valence-electron chi connectivity index (χ0n) is 8.90. The second kappa shape index (κ2) is 4.55. The number of nitrogens with zero attached hydrogens (tertiary/aromatic N) is 1. The van der Waals surface area contributed by atoms with Gasteiger partial charge in [-0.3, -0.25) is 4.79 Å². The molecule has 1 aliphatic heterocycles. The zero-order valence-corrected chi connectivity index (χ0v) is 10.5. The van der Waals surface area contributed by atoms with E-state index in [1.54, 1.807) is 17.9 Å². The van der Waals surface area contributed by atoms with E-state index >= 15 is 0 Å². The molecule has 1 aliphatic rings. The van der Waals surface area contributed by atoms with E-state index in [-0.39, 0.29) is 5.91 Å². The van der Waals surface area contributed by atoms with Crippen molar-refractivity contribution in [2.75, 3.05) is 6.54 Å². The molecule has 1 aromatic carbocycles. The Bertz CT molecular complexity index is 461. The van der Waals surface area contributed by atoms with Crippen molar-refractivity contribution in [1.29, 1.82) is 0 Å². The molecule has 0 aliphatic carbocycles. The first-order valence-corrected chi connectivity index (χ1v) is 7.01. The average Bonchev–Trinajstić information content (AvgIpc) is 2.27. The monoisotopic (exact) mass is 257 g/mol. The lowest BCUT2D eigenvalue weighted by atomic mass is 10.00. The molecule has 0 N–H and O–H groups in total. The van der Waals surface area contributed by atoms with Crippen LogP contribution in [0.15, 0.2) is 23.1 Å². The van der Waals surface area contributed by atoms with Crippen molar-refractivity contribution in [3.63, 3.8) is 0 Å². The quantitative estimate of drug-likeness (QED) is 0.720. The summed E-state index contributed by atoms with van der Waals surface area (Å²) in [5.74, 6) is 0.0723. The number of rotatable bonds is 1. The summed E-state index contributed by atoms with van der Waals surface area (Å²) in [7, 11) is 4.06. The Balaban J connectivity index is 2.32. The number of benzene rings is 1. The Kier molecular flexibility index (Phi) is 3.30. The molecule has 0 saturated heterocycles. The Labute approximate surface area is 101 Å². The van der Waals surface area contributed by atoms with Gasteiger partial charge in [0.25, 0.3) is 0 Å². The van der Waals surface area contributed by atoms with Crippen molar-refractivity contribution in [1.82, 2.24) is 4.90 Å². The second-order valence-corrected chi connectivity index (χ2v) is 5.60. The van der Waals surface area contributed by atoms with Crippen LogP contribution >= 0.6 is 10.7 Å². The molecule has 0 bridgehead atoms. The topological polar surface area (TPSA) is 37.4 Å². The maximum absolute atomic E-state index is 11.3. The van der Waals surface area contributed by atoms with Gasteiger partial charge in [0.1, 0.15) is 10.0 Å². The number of fused-ring (bicyclic) bond motifs is 1. The minimum atomic E-state index is -1.48. The fourth-order valence-corrected chi connectivity index (χ4v) is 2.60. The third-order valence-corrected chi connectivity index (χ3v) is 3.98. The second-order valence-electron chi connectivity index (χ2n) is 3.84. The lowest BCUT2D eigenvalue weighted by Gasteiger charge is -2.28. The predicted octanol–water partition coefficient (Wildman–Crippen LogP) is 1.85. The lowest BCUT2D eigenvalue weighted by molar-refractivity contribution is -0.129. The molecule has 16 heavy (non-hydrogen) atoms. The van der Waals surface area contributed by atoms with Crippen LogP contribution in [0.5, 0.6) is 0 Å². The average molecular weight is 258 g/mol. The molecule has 3 nitrogen and oxygen atoms in total. The molecule has 0 aromatic heterocycles. The highest BCUT2D eigenvalue weighted by Crippen LogP contribution is 2.22. The minimum Gasteiger partial charge on any atom is -0.338 e. The van der Waals surface area contributed by atoms with Crippen LogP contribution < -0.4 is 0 Å². The van der Waals surface area contributed by atoms with Crippen LogP contribution in [0, 0.1) is 0 Å². The van der Waals surface area contributed by atoms with Crippen molar-refractivity contribution in [2.24, 2.45) is 0 Å². The van der Waals surface area contributed by atoms with E-state index in [1.165, 1.54) is 5.56 Å². The van der Waals surface area contributed by atoms with E-state index in [1.807, 2.05) is 12.1 Å². The van der Waals surface area contributed by atoms with Crippen molar-refractivity contribution < 1.29 is 9.00 Å². The standard InChI is InChI=1S/C11H12ClNO2S/c1-8(14)13-5-4-9-2-3-11(16(12)15)6-10(9)7-13/h2-3,6H,4-5,7H2,1H3. The molecule has 0 spiro atoms. The van der Waals surface area contributed by atoms with Gasteiger partial charge in [-0.15, -0.1) is 0 Å². The summed E-state index contributed by atoms with van der Waals surface area (Å²) in [6.07, 6.45) is 0.851. The molecule has 0 fully saturated rings. The minimum absolute atomic E-state index is 0.0723. The normalized spacial score (nSPS) is 16.8. The largest absolute Gasteiger partial charge is 0.338 e. The summed E-state index contributed by atoms with van der Waals surface area (Å²) in [6, 6.07) is 5.56.